The molecule has 8 heteroatoms. The lowest BCUT2D eigenvalue weighted by Crippen LogP contribution is -2.40. The van der Waals surface area contributed by atoms with Crippen molar-refractivity contribution in [3.8, 4) is 0 Å². The first-order valence-electron chi connectivity index (χ1n) is 8.83. The van der Waals surface area contributed by atoms with Gasteiger partial charge in [-0.1, -0.05) is 18.2 Å². The van der Waals surface area contributed by atoms with Gasteiger partial charge in [0.05, 0.1) is 10.5 Å². The topological polar surface area (TPSA) is 84.6 Å². The molecule has 1 unspecified atom stereocenters. The molecule has 0 radical (unpaired) electrons. The van der Waals surface area contributed by atoms with E-state index in [0.29, 0.717) is 13.1 Å². The average molecular weight is 384 g/mol. The Balaban J connectivity index is 1.63. The van der Waals surface area contributed by atoms with Gasteiger partial charge < -0.3 is 4.90 Å². The Hall–Kier alpha value is -2.74. The first-order valence-corrected chi connectivity index (χ1v) is 10.7. The van der Waals surface area contributed by atoms with E-state index in [1.54, 1.807) is 23.1 Å². The first-order chi connectivity index (χ1) is 12.9. The van der Waals surface area contributed by atoms with Crippen LogP contribution >= 0.6 is 0 Å². The van der Waals surface area contributed by atoms with Crippen LogP contribution in [-0.4, -0.2) is 53.2 Å². The fraction of sp³-hybridized carbons (Fsp3) is 0.316. The van der Waals surface area contributed by atoms with Gasteiger partial charge in [-0.25, -0.2) is 8.42 Å². The summed E-state index contributed by atoms with van der Waals surface area (Å²) < 4.78 is 26.0. The molecule has 0 N–H and O–H groups in total. The van der Waals surface area contributed by atoms with Crippen molar-refractivity contribution in [1.29, 1.82) is 0 Å². The molecule has 1 aliphatic rings. The lowest BCUT2D eigenvalue weighted by atomic mass is 9.96. The second kappa shape index (κ2) is 6.77. The van der Waals surface area contributed by atoms with Crippen LogP contribution in [0.5, 0.6) is 0 Å². The SMILES string of the molecule is CS(=O)(=O)c1ccccc1C(=O)N1CCCC(c2nnc3ccccn23)C1. The quantitative estimate of drug-likeness (QED) is 0.691. The molecular weight excluding hydrogens is 364 g/mol. The predicted octanol–water partition coefficient (Wildman–Crippen LogP) is 2.15. The third kappa shape index (κ3) is 3.32. The lowest BCUT2D eigenvalue weighted by molar-refractivity contribution is 0.0700. The zero-order valence-corrected chi connectivity index (χ0v) is 15.8. The second-order valence-electron chi connectivity index (χ2n) is 6.85. The van der Waals surface area contributed by atoms with Crippen LogP contribution in [-0.2, 0) is 9.84 Å². The maximum absolute atomic E-state index is 13.1. The number of benzene rings is 1. The summed E-state index contributed by atoms with van der Waals surface area (Å²) in [7, 11) is -3.48. The summed E-state index contributed by atoms with van der Waals surface area (Å²) in [6, 6.07) is 12.1. The highest BCUT2D eigenvalue weighted by Crippen LogP contribution is 2.28. The number of rotatable bonds is 3. The maximum Gasteiger partial charge on any atom is 0.255 e. The van der Waals surface area contributed by atoms with Crippen molar-refractivity contribution in [3.63, 3.8) is 0 Å². The highest BCUT2D eigenvalue weighted by Gasteiger charge is 2.30. The van der Waals surface area contributed by atoms with E-state index in [1.165, 1.54) is 6.07 Å². The fourth-order valence-corrected chi connectivity index (χ4v) is 4.53. The average Bonchev–Trinajstić information content (AvgIpc) is 3.11. The minimum atomic E-state index is -3.48. The molecular formula is C19H20N4O3S. The van der Waals surface area contributed by atoms with Crippen molar-refractivity contribution >= 4 is 21.4 Å². The smallest absolute Gasteiger partial charge is 0.255 e. The van der Waals surface area contributed by atoms with Gasteiger partial charge in [0.15, 0.2) is 15.5 Å². The molecule has 2 aromatic heterocycles. The van der Waals surface area contributed by atoms with Crippen molar-refractivity contribution in [2.75, 3.05) is 19.3 Å². The van der Waals surface area contributed by atoms with Crippen LogP contribution in [0.15, 0.2) is 53.6 Å². The van der Waals surface area contributed by atoms with Crippen LogP contribution in [0, 0.1) is 0 Å². The van der Waals surface area contributed by atoms with Crippen molar-refractivity contribution in [3.05, 3.63) is 60.0 Å². The van der Waals surface area contributed by atoms with E-state index in [-0.39, 0.29) is 22.3 Å². The largest absolute Gasteiger partial charge is 0.338 e. The number of carbonyl (C=O) groups is 1. The Labute approximate surface area is 157 Å². The second-order valence-corrected chi connectivity index (χ2v) is 8.83. The van der Waals surface area contributed by atoms with Gasteiger partial charge in [-0.05, 0) is 37.1 Å². The molecule has 27 heavy (non-hydrogen) atoms. The van der Waals surface area contributed by atoms with Gasteiger partial charge >= 0.3 is 0 Å². The van der Waals surface area contributed by atoms with Gasteiger partial charge in [0.1, 0.15) is 5.82 Å². The van der Waals surface area contributed by atoms with E-state index < -0.39 is 9.84 Å². The number of piperidine rings is 1. The Bertz CT molecular complexity index is 1110. The van der Waals surface area contributed by atoms with Crippen LogP contribution in [0.2, 0.25) is 0 Å². The van der Waals surface area contributed by atoms with E-state index >= 15 is 0 Å². The number of pyridine rings is 1. The molecule has 7 nitrogen and oxygen atoms in total. The minimum Gasteiger partial charge on any atom is -0.338 e. The summed E-state index contributed by atoms with van der Waals surface area (Å²) >= 11 is 0. The number of nitrogens with zero attached hydrogens (tertiary/aromatic N) is 4. The first kappa shape index (κ1) is 17.7. The molecule has 140 valence electrons. The molecule has 0 aliphatic carbocycles. The van der Waals surface area contributed by atoms with Crippen molar-refractivity contribution in [1.82, 2.24) is 19.5 Å². The molecule has 4 rings (SSSR count). The number of aromatic nitrogens is 3. The van der Waals surface area contributed by atoms with Crippen LogP contribution in [0.25, 0.3) is 5.65 Å². The van der Waals surface area contributed by atoms with E-state index in [4.69, 9.17) is 0 Å². The Morgan fingerprint density at radius 2 is 1.89 bits per heavy atom. The Kier molecular flexibility index (Phi) is 4.43. The molecule has 3 heterocycles. The van der Waals surface area contributed by atoms with E-state index in [9.17, 15) is 13.2 Å². The highest BCUT2D eigenvalue weighted by molar-refractivity contribution is 7.90. The zero-order chi connectivity index (χ0) is 19.0. The molecule has 3 aromatic rings. The third-order valence-corrected chi connectivity index (χ3v) is 6.09. The zero-order valence-electron chi connectivity index (χ0n) is 14.9. The molecule has 1 aromatic carbocycles. The summed E-state index contributed by atoms with van der Waals surface area (Å²) in [5.41, 5.74) is 1.00. The van der Waals surface area contributed by atoms with Crippen molar-refractivity contribution < 1.29 is 13.2 Å². The van der Waals surface area contributed by atoms with E-state index in [0.717, 1.165) is 30.6 Å². The molecule has 0 spiro atoms. The summed E-state index contributed by atoms with van der Waals surface area (Å²) in [4.78, 5) is 14.9. The van der Waals surface area contributed by atoms with Crippen LogP contribution in [0.3, 0.4) is 0 Å². The van der Waals surface area contributed by atoms with Crippen LogP contribution in [0.1, 0.15) is 34.9 Å². The van der Waals surface area contributed by atoms with Gasteiger partial charge in [0.2, 0.25) is 0 Å². The maximum atomic E-state index is 13.1. The summed E-state index contributed by atoms with van der Waals surface area (Å²) in [6.07, 6.45) is 4.79. The molecule has 1 fully saturated rings. The number of sulfone groups is 1. The highest BCUT2D eigenvalue weighted by atomic mass is 32.2. The summed E-state index contributed by atoms with van der Waals surface area (Å²) in [6.45, 7) is 1.09. The molecule has 0 saturated carbocycles. The van der Waals surface area contributed by atoms with E-state index in [2.05, 4.69) is 10.2 Å². The number of hydrogen-bond donors (Lipinski definition) is 0. The molecule has 1 saturated heterocycles. The molecule has 1 amide bonds. The Morgan fingerprint density at radius 1 is 1.11 bits per heavy atom. The lowest BCUT2D eigenvalue weighted by Gasteiger charge is -2.32. The fourth-order valence-electron chi connectivity index (χ4n) is 3.65. The predicted molar refractivity (Wildman–Crippen MR) is 100 cm³/mol. The monoisotopic (exact) mass is 384 g/mol. The van der Waals surface area contributed by atoms with Gasteiger partial charge in [-0.2, -0.15) is 0 Å². The van der Waals surface area contributed by atoms with Gasteiger partial charge in [0.25, 0.3) is 5.91 Å². The number of hydrogen-bond acceptors (Lipinski definition) is 5. The minimum absolute atomic E-state index is 0.0606. The normalized spacial score (nSPS) is 18.0. The number of amides is 1. The van der Waals surface area contributed by atoms with E-state index in [1.807, 2.05) is 28.8 Å². The van der Waals surface area contributed by atoms with Gasteiger partial charge in [-0.15, -0.1) is 10.2 Å². The molecule has 0 bridgehead atoms. The summed E-state index contributed by atoms with van der Waals surface area (Å²) in [5, 5.41) is 8.52. The van der Waals surface area contributed by atoms with Crippen LogP contribution < -0.4 is 0 Å². The third-order valence-electron chi connectivity index (χ3n) is 4.93. The summed E-state index contributed by atoms with van der Waals surface area (Å²) in [5.74, 6) is 0.638. The van der Waals surface area contributed by atoms with Crippen molar-refractivity contribution in [2.45, 2.75) is 23.7 Å². The number of carbonyl (C=O) groups excluding carboxylic acids is 1. The molecule has 1 aliphatic heterocycles. The van der Waals surface area contributed by atoms with Gasteiger partial charge in [-0.3, -0.25) is 9.20 Å². The number of likely N-dealkylation sites (tertiary alicyclic amines) is 1. The van der Waals surface area contributed by atoms with Gasteiger partial charge in [0, 0.05) is 31.5 Å². The Morgan fingerprint density at radius 3 is 2.70 bits per heavy atom. The standard InChI is InChI=1S/C19H20N4O3S/c1-27(25,26)16-9-3-2-8-15(16)19(24)22-11-6-7-14(13-22)18-21-20-17-10-4-5-12-23(17)18/h2-5,8-10,12,14H,6-7,11,13H2,1H3. The van der Waals surface area contributed by atoms with Crippen molar-refractivity contribution in [2.24, 2.45) is 0 Å². The molecule has 1 atom stereocenters. The number of fused-ring (bicyclic) bond motifs is 1. The van der Waals surface area contributed by atoms with Crippen LogP contribution in [0.4, 0.5) is 0 Å².